The summed E-state index contributed by atoms with van der Waals surface area (Å²) in [6.07, 6.45) is -2.05. The van der Waals surface area contributed by atoms with Gasteiger partial charge in [-0.2, -0.15) is 0 Å². The van der Waals surface area contributed by atoms with Crippen LogP contribution in [0.2, 0.25) is 0 Å². The molecule has 5 nitrogen and oxygen atoms in total. The van der Waals surface area contributed by atoms with Crippen molar-refractivity contribution in [1.29, 1.82) is 0 Å². The Balaban J connectivity index is 1.86. The fourth-order valence-electron chi connectivity index (χ4n) is 1.87. The van der Waals surface area contributed by atoms with E-state index in [-0.39, 0.29) is 0 Å². The number of amides is 1. The molecule has 1 amide bonds. The molecule has 0 aliphatic heterocycles. The normalized spacial score (nSPS) is 12.8. The molecule has 2 atom stereocenters. The molecule has 2 aromatic rings. The van der Waals surface area contributed by atoms with Crippen molar-refractivity contribution >= 4 is 17.6 Å². The van der Waals surface area contributed by atoms with Gasteiger partial charge in [-0.15, -0.1) is 0 Å². The van der Waals surface area contributed by atoms with E-state index >= 15 is 0 Å². The molecule has 0 aliphatic rings. The first-order valence-electron chi connectivity index (χ1n) is 7.54. The van der Waals surface area contributed by atoms with Crippen molar-refractivity contribution in [2.24, 2.45) is 0 Å². The van der Waals surface area contributed by atoms with E-state index in [1.54, 1.807) is 0 Å². The number of hydrogen-bond acceptors (Lipinski definition) is 4. The van der Waals surface area contributed by atoms with Gasteiger partial charge in [0.15, 0.2) is 12.2 Å². The van der Waals surface area contributed by atoms with E-state index in [1.165, 1.54) is 62.4 Å². The molecule has 1 N–H and O–H groups in total. The molecule has 0 unspecified atom stereocenters. The van der Waals surface area contributed by atoms with Gasteiger partial charge in [0.1, 0.15) is 17.4 Å². The van der Waals surface area contributed by atoms with Gasteiger partial charge >= 0.3 is 5.97 Å². The van der Waals surface area contributed by atoms with Crippen molar-refractivity contribution in [2.75, 3.05) is 5.32 Å². The van der Waals surface area contributed by atoms with E-state index in [2.05, 4.69) is 5.32 Å². The summed E-state index contributed by atoms with van der Waals surface area (Å²) in [5.74, 6) is -1.85. The van der Waals surface area contributed by atoms with E-state index in [1.807, 2.05) is 0 Å². The van der Waals surface area contributed by atoms with E-state index in [9.17, 15) is 18.4 Å². The number of esters is 1. The number of halogens is 2. The van der Waals surface area contributed by atoms with Gasteiger partial charge in [-0.3, -0.25) is 4.79 Å². The maximum absolute atomic E-state index is 12.8. The topological polar surface area (TPSA) is 64.6 Å². The van der Waals surface area contributed by atoms with Gasteiger partial charge in [-0.25, -0.2) is 13.6 Å². The smallest absolute Gasteiger partial charge is 0.347 e. The van der Waals surface area contributed by atoms with Crippen LogP contribution in [-0.2, 0) is 14.3 Å². The first-order valence-corrected chi connectivity index (χ1v) is 7.54. The minimum Gasteiger partial charge on any atom is -0.479 e. The molecular formula is C18H17F2NO4. The Morgan fingerprint density at radius 1 is 0.880 bits per heavy atom. The second-order valence-corrected chi connectivity index (χ2v) is 5.29. The summed E-state index contributed by atoms with van der Waals surface area (Å²) < 4.78 is 36.0. The molecule has 0 bridgehead atoms. The SMILES string of the molecule is C[C@@H](OC(=O)[C@@H](C)Oc1ccc(F)cc1)C(=O)Nc1ccc(F)cc1. The third kappa shape index (κ3) is 5.56. The quantitative estimate of drug-likeness (QED) is 0.813. The van der Waals surface area contributed by atoms with E-state index in [0.717, 1.165) is 0 Å². The number of benzene rings is 2. The van der Waals surface area contributed by atoms with Gasteiger partial charge in [0.05, 0.1) is 0 Å². The molecule has 0 heterocycles. The summed E-state index contributed by atoms with van der Waals surface area (Å²) >= 11 is 0. The van der Waals surface area contributed by atoms with E-state index < -0.39 is 35.7 Å². The summed E-state index contributed by atoms with van der Waals surface area (Å²) in [5, 5.41) is 2.50. The Kier molecular flexibility index (Phi) is 6.05. The number of hydrogen-bond donors (Lipinski definition) is 1. The molecule has 2 rings (SSSR count). The number of carbonyl (C=O) groups is 2. The van der Waals surface area contributed by atoms with Crippen LogP contribution in [0.4, 0.5) is 14.5 Å². The highest BCUT2D eigenvalue weighted by Crippen LogP contribution is 2.14. The van der Waals surface area contributed by atoms with Crippen LogP contribution in [0.3, 0.4) is 0 Å². The molecule has 0 saturated carbocycles. The number of rotatable bonds is 6. The third-order valence-electron chi connectivity index (χ3n) is 3.23. The average Bonchev–Trinajstić information content (AvgIpc) is 2.58. The molecule has 0 fully saturated rings. The van der Waals surface area contributed by atoms with E-state index in [4.69, 9.17) is 9.47 Å². The van der Waals surface area contributed by atoms with Crippen LogP contribution in [-0.4, -0.2) is 24.1 Å². The maximum atomic E-state index is 12.8. The fraction of sp³-hybridized carbons (Fsp3) is 0.222. The first-order chi connectivity index (χ1) is 11.8. The van der Waals surface area contributed by atoms with Gasteiger partial charge in [0.2, 0.25) is 0 Å². The summed E-state index contributed by atoms with van der Waals surface area (Å²) in [4.78, 5) is 24.0. The molecule has 0 radical (unpaired) electrons. The molecule has 25 heavy (non-hydrogen) atoms. The third-order valence-corrected chi connectivity index (χ3v) is 3.23. The Morgan fingerprint density at radius 2 is 1.40 bits per heavy atom. The highest BCUT2D eigenvalue weighted by atomic mass is 19.1. The van der Waals surface area contributed by atoms with Gasteiger partial charge in [-0.1, -0.05) is 0 Å². The zero-order valence-corrected chi connectivity index (χ0v) is 13.7. The van der Waals surface area contributed by atoms with Crippen LogP contribution < -0.4 is 10.1 Å². The van der Waals surface area contributed by atoms with Gasteiger partial charge in [0, 0.05) is 5.69 Å². The minimum atomic E-state index is -1.07. The van der Waals surface area contributed by atoms with Crippen molar-refractivity contribution in [2.45, 2.75) is 26.1 Å². The first kappa shape index (κ1) is 18.4. The predicted octanol–water partition coefficient (Wildman–Crippen LogP) is 3.30. The molecule has 0 aliphatic carbocycles. The lowest BCUT2D eigenvalue weighted by Crippen LogP contribution is -2.35. The highest BCUT2D eigenvalue weighted by Gasteiger charge is 2.23. The lowest BCUT2D eigenvalue weighted by atomic mass is 10.3. The number of carbonyl (C=O) groups excluding carboxylic acids is 2. The summed E-state index contributed by atoms with van der Waals surface area (Å²) in [6.45, 7) is 2.86. The molecule has 132 valence electrons. The highest BCUT2D eigenvalue weighted by molar-refractivity contribution is 5.95. The lowest BCUT2D eigenvalue weighted by molar-refractivity contribution is -0.159. The summed E-state index contributed by atoms with van der Waals surface area (Å²) in [5.41, 5.74) is 0.380. The molecule has 0 spiro atoms. The van der Waals surface area contributed by atoms with Crippen molar-refractivity contribution in [3.8, 4) is 5.75 Å². The van der Waals surface area contributed by atoms with Gasteiger partial charge < -0.3 is 14.8 Å². The Bertz CT molecular complexity index is 732. The van der Waals surface area contributed by atoms with Gasteiger partial charge in [-0.05, 0) is 62.4 Å². The molecule has 2 aromatic carbocycles. The molecule has 0 saturated heterocycles. The second-order valence-electron chi connectivity index (χ2n) is 5.29. The van der Waals surface area contributed by atoms with Crippen LogP contribution in [0.5, 0.6) is 5.75 Å². The van der Waals surface area contributed by atoms with Crippen LogP contribution >= 0.6 is 0 Å². The molecular weight excluding hydrogens is 332 g/mol. The lowest BCUT2D eigenvalue weighted by Gasteiger charge is -2.17. The van der Waals surface area contributed by atoms with Crippen LogP contribution in [0.25, 0.3) is 0 Å². The molecule has 7 heteroatoms. The molecule has 0 aromatic heterocycles. The zero-order valence-electron chi connectivity index (χ0n) is 13.7. The summed E-state index contributed by atoms with van der Waals surface area (Å²) in [6, 6.07) is 10.3. The Morgan fingerprint density at radius 3 is 1.96 bits per heavy atom. The maximum Gasteiger partial charge on any atom is 0.347 e. The average molecular weight is 349 g/mol. The Hall–Kier alpha value is -2.96. The van der Waals surface area contributed by atoms with Crippen molar-refractivity contribution < 1.29 is 27.8 Å². The van der Waals surface area contributed by atoms with Crippen LogP contribution in [0.1, 0.15) is 13.8 Å². The monoisotopic (exact) mass is 349 g/mol. The van der Waals surface area contributed by atoms with Crippen LogP contribution in [0, 0.1) is 11.6 Å². The largest absolute Gasteiger partial charge is 0.479 e. The van der Waals surface area contributed by atoms with Crippen molar-refractivity contribution in [3.05, 3.63) is 60.2 Å². The van der Waals surface area contributed by atoms with Crippen molar-refractivity contribution in [3.63, 3.8) is 0 Å². The van der Waals surface area contributed by atoms with Crippen LogP contribution in [0.15, 0.2) is 48.5 Å². The minimum absolute atomic E-state index is 0.300. The van der Waals surface area contributed by atoms with Crippen molar-refractivity contribution in [1.82, 2.24) is 0 Å². The second kappa shape index (κ2) is 8.23. The number of ether oxygens (including phenoxy) is 2. The Labute approximate surface area is 143 Å². The number of nitrogens with one attached hydrogen (secondary N) is 1. The predicted molar refractivity (Wildman–Crippen MR) is 87.1 cm³/mol. The standard InChI is InChI=1S/C18H17F2NO4/c1-11(17(22)21-15-7-3-13(19)4-8-15)25-18(23)12(2)24-16-9-5-14(20)6-10-16/h3-12H,1-2H3,(H,21,22)/t11-,12-/m1/s1. The number of anilines is 1. The van der Waals surface area contributed by atoms with E-state index in [0.29, 0.717) is 11.4 Å². The fourth-order valence-corrected chi connectivity index (χ4v) is 1.87. The summed E-state index contributed by atoms with van der Waals surface area (Å²) in [7, 11) is 0. The zero-order chi connectivity index (χ0) is 18.4. The van der Waals surface area contributed by atoms with Gasteiger partial charge in [0.25, 0.3) is 5.91 Å².